The van der Waals surface area contributed by atoms with Crippen molar-refractivity contribution in [1.82, 2.24) is 9.80 Å². The highest BCUT2D eigenvalue weighted by Crippen LogP contribution is 2.10. The number of amides is 2. The van der Waals surface area contributed by atoms with Crippen LogP contribution in [0.2, 0.25) is 0 Å². The molecule has 0 aliphatic carbocycles. The Morgan fingerprint density at radius 2 is 1.67 bits per heavy atom. The van der Waals surface area contributed by atoms with Crippen LogP contribution in [0, 0.1) is 0 Å². The molecule has 1 saturated heterocycles. The molecule has 1 aliphatic heterocycles. The second kappa shape index (κ2) is 5.18. The van der Waals surface area contributed by atoms with Gasteiger partial charge in [0, 0.05) is 20.1 Å². The van der Waals surface area contributed by atoms with Crippen LogP contribution in [0.5, 0.6) is 0 Å². The molecule has 0 atom stereocenters. The Morgan fingerprint density at radius 3 is 2.28 bits per heavy atom. The number of piperazine rings is 1. The van der Waals surface area contributed by atoms with E-state index in [-0.39, 0.29) is 24.9 Å². The van der Waals surface area contributed by atoms with Crippen LogP contribution in [-0.2, 0) is 22.7 Å². The van der Waals surface area contributed by atoms with Gasteiger partial charge in [0.05, 0.1) is 6.54 Å². The van der Waals surface area contributed by atoms with Crippen LogP contribution in [0.25, 0.3) is 0 Å². The number of nitrogens with zero attached hydrogens (tertiary/aromatic N) is 2. The zero-order valence-corrected chi connectivity index (χ0v) is 10.4. The van der Waals surface area contributed by atoms with Crippen molar-refractivity contribution < 1.29 is 9.59 Å². The third-order valence-corrected chi connectivity index (χ3v) is 3.11. The molecule has 2 N–H and O–H groups in total. The molecule has 5 heteroatoms. The monoisotopic (exact) mass is 247 g/mol. The molecule has 1 fully saturated rings. The van der Waals surface area contributed by atoms with Crippen molar-refractivity contribution in [2.75, 3.05) is 20.1 Å². The van der Waals surface area contributed by atoms with Crippen LogP contribution in [-0.4, -0.2) is 41.8 Å². The lowest BCUT2D eigenvalue weighted by atomic mass is 10.1. The summed E-state index contributed by atoms with van der Waals surface area (Å²) in [4.78, 5) is 26.4. The molecule has 1 aliphatic rings. The maximum absolute atomic E-state index is 11.8. The summed E-state index contributed by atoms with van der Waals surface area (Å²) in [6, 6.07) is 7.77. The van der Waals surface area contributed by atoms with E-state index in [0.717, 1.165) is 11.1 Å². The van der Waals surface area contributed by atoms with Crippen molar-refractivity contribution in [3.05, 3.63) is 35.4 Å². The standard InChI is InChI=1S/C13H17N3O2/c1-15-8-13(18)16(9-12(15)17)7-11-4-2-10(6-14)3-5-11/h2-5H,6-9,14H2,1H3. The van der Waals surface area contributed by atoms with Gasteiger partial charge < -0.3 is 15.5 Å². The van der Waals surface area contributed by atoms with Gasteiger partial charge >= 0.3 is 0 Å². The SMILES string of the molecule is CN1CC(=O)N(Cc2ccc(CN)cc2)CC1=O. The summed E-state index contributed by atoms with van der Waals surface area (Å²) in [6.07, 6.45) is 0. The fourth-order valence-electron chi connectivity index (χ4n) is 1.91. The predicted molar refractivity (Wildman–Crippen MR) is 67.4 cm³/mol. The van der Waals surface area contributed by atoms with Crippen LogP contribution < -0.4 is 5.73 Å². The molecule has 2 rings (SSSR count). The third kappa shape index (κ3) is 2.68. The normalized spacial score (nSPS) is 16.3. The molecular weight excluding hydrogens is 230 g/mol. The van der Waals surface area contributed by atoms with E-state index < -0.39 is 0 Å². The van der Waals surface area contributed by atoms with Crippen LogP contribution >= 0.6 is 0 Å². The summed E-state index contributed by atoms with van der Waals surface area (Å²) in [7, 11) is 1.65. The van der Waals surface area contributed by atoms with Crippen LogP contribution in [0.1, 0.15) is 11.1 Å². The number of carbonyl (C=O) groups excluding carboxylic acids is 2. The first kappa shape index (κ1) is 12.6. The first-order valence-corrected chi connectivity index (χ1v) is 5.90. The molecule has 1 heterocycles. The van der Waals surface area contributed by atoms with Gasteiger partial charge in [-0.05, 0) is 11.1 Å². The number of likely N-dealkylation sites (N-methyl/N-ethyl adjacent to an activating group) is 1. The molecular formula is C13H17N3O2. The fraction of sp³-hybridized carbons (Fsp3) is 0.385. The van der Waals surface area contributed by atoms with Crippen molar-refractivity contribution >= 4 is 11.8 Å². The molecule has 18 heavy (non-hydrogen) atoms. The van der Waals surface area contributed by atoms with E-state index in [9.17, 15) is 9.59 Å². The third-order valence-electron chi connectivity index (χ3n) is 3.11. The fourth-order valence-corrected chi connectivity index (χ4v) is 1.91. The average Bonchev–Trinajstić information content (AvgIpc) is 2.37. The summed E-state index contributed by atoms with van der Waals surface area (Å²) >= 11 is 0. The Morgan fingerprint density at radius 1 is 1.06 bits per heavy atom. The van der Waals surface area contributed by atoms with E-state index in [1.165, 1.54) is 4.90 Å². The maximum Gasteiger partial charge on any atom is 0.242 e. The van der Waals surface area contributed by atoms with Gasteiger partial charge in [-0.2, -0.15) is 0 Å². The minimum absolute atomic E-state index is 0.0139. The molecule has 0 unspecified atom stereocenters. The molecule has 0 bridgehead atoms. The topological polar surface area (TPSA) is 66.6 Å². The largest absolute Gasteiger partial charge is 0.335 e. The Labute approximate surface area is 106 Å². The van der Waals surface area contributed by atoms with Gasteiger partial charge in [-0.3, -0.25) is 9.59 Å². The van der Waals surface area contributed by atoms with E-state index in [1.807, 2.05) is 24.3 Å². The molecule has 0 saturated carbocycles. The minimum Gasteiger partial charge on any atom is -0.335 e. The highest BCUT2D eigenvalue weighted by molar-refractivity contribution is 5.92. The van der Waals surface area contributed by atoms with Gasteiger partial charge in [-0.1, -0.05) is 24.3 Å². The van der Waals surface area contributed by atoms with Gasteiger partial charge in [-0.25, -0.2) is 0 Å². The smallest absolute Gasteiger partial charge is 0.242 e. The van der Waals surface area contributed by atoms with E-state index in [2.05, 4.69) is 0 Å². The maximum atomic E-state index is 11.8. The van der Waals surface area contributed by atoms with Crippen molar-refractivity contribution in [1.29, 1.82) is 0 Å². The molecule has 1 aromatic carbocycles. The summed E-state index contributed by atoms with van der Waals surface area (Å²) in [5.41, 5.74) is 7.59. The minimum atomic E-state index is -0.0202. The van der Waals surface area contributed by atoms with E-state index in [4.69, 9.17) is 5.73 Å². The van der Waals surface area contributed by atoms with E-state index >= 15 is 0 Å². The second-order valence-electron chi connectivity index (χ2n) is 4.52. The van der Waals surface area contributed by atoms with E-state index in [1.54, 1.807) is 11.9 Å². The van der Waals surface area contributed by atoms with Gasteiger partial charge in [0.15, 0.2) is 0 Å². The molecule has 0 spiro atoms. The summed E-state index contributed by atoms with van der Waals surface area (Å²) in [5, 5.41) is 0. The Hall–Kier alpha value is -1.88. The lowest BCUT2D eigenvalue weighted by molar-refractivity contribution is -0.149. The highest BCUT2D eigenvalue weighted by Gasteiger charge is 2.27. The van der Waals surface area contributed by atoms with Crippen molar-refractivity contribution in [2.24, 2.45) is 5.73 Å². The highest BCUT2D eigenvalue weighted by atomic mass is 16.2. The zero-order valence-electron chi connectivity index (χ0n) is 10.4. The van der Waals surface area contributed by atoms with Gasteiger partial charge in [0.2, 0.25) is 11.8 Å². The Balaban J connectivity index is 2.04. The number of nitrogens with two attached hydrogens (primary N) is 1. The molecule has 5 nitrogen and oxygen atoms in total. The van der Waals surface area contributed by atoms with Crippen LogP contribution in [0.4, 0.5) is 0 Å². The average molecular weight is 247 g/mol. The first-order valence-electron chi connectivity index (χ1n) is 5.90. The van der Waals surface area contributed by atoms with Crippen molar-refractivity contribution in [3.8, 4) is 0 Å². The van der Waals surface area contributed by atoms with Crippen molar-refractivity contribution in [2.45, 2.75) is 13.1 Å². The van der Waals surface area contributed by atoms with E-state index in [0.29, 0.717) is 13.1 Å². The second-order valence-corrected chi connectivity index (χ2v) is 4.52. The first-order chi connectivity index (χ1) is 8.60. The van der Waals surface area contributed by atoms with Crippen LogP contribution in [0.15, 0.2) is 24.3 Å². The lowest BCUT2D eigenvalue weighted by Crippen LogP contribution is -2.51. The predicted octanol–water partition coefficient (Wildman–Crippen LogP) is -0.0541. The Bertz CT molecular complexity index is 456. The summed E-state index contributed by atoms with van der Waals surface area (Å²) in [6.45, 7) is 1.31. The van der Waals surface area contributed by atoms with Gasteiger partial charge in [0.1, 0.15) is 6.54 Å². The lowest BCUT2D eigenvalue weighted by Gasteiger charge is -2.31. The molecule has 1 aromatic rings. The Kier molecular flexibility index (Phi) is 3.62. The summed E-state index contributed by atoms with van der Waals surface area (Å²) < 4.78 is 0. The van der Waals surface area contributed by atoms with Gasteiger partial charge in [0.25, 0.3) is 0 Å². The molecule has 2 amide bonds. The number of benzene rings is 1. The number of rotatable bonds is 3. The number of hydrogen-bond donors (Lipinski definition) is 1. The van der Waals surface area contributed by atoms with Crippen LogP contribution in [0.3, 0.4) is 0 Å². The van der Waals surface area contributed by atoms with Crippen molar-refractivity contribution in [3.63, 3.8) is 0 Å². The zero-order chi connectivity index (χ0) is 13.1. The quantitative estimate of drug-likeness (QED) is 0.814. The molecule has 96 valence electrons. The number of hydrogen-bond acceptors (Lipinski definition) is 3. The molecule has 0 radical (unpaired) electrons. The number of carbonyl (C=O) groups is 2. The van der Waals surface area contributed by atoms with Gasteiger partial charge in [-0.15, -0.1) is 0 Å². The summed E-state index contributed by atoms with van der Waals surface area (Å²) in [5.74, 6) is -0.0341. The molecule has 0 aromatic heterocycles.